The van der Waals surface area contributed by atoms with Crippen molar-refractivity contribution in [1.82, 2.24) is 4.72 Å². The van der Waals surface area contributed by atoms with Crippen LogP contribution in [0.2, 0.25) is 0 Å². The molecule has 1 fully saturated rings. The molecule has 2 aromatic rings. The smallest absolute Gasteiger partial charge is 0.336 e. The molecule has 1 aliphatic rings. The Morgan fingerprint density at radius 3 is 2.48 bits per heavy atom. The number of nitrogens with one attached hydrogen (secondary N) is 1. The van der Waals surface area contributed by atoms with E-state index in [4.69, 9.17) is 4.74 Å². The molecule has 1 saturated carbocycles. The molecule has 2 atom stereocenters. The molecule has 2 N–H and O–H groups in total. The van der Waals surface area contributed by atoms with Crippen LogP contribution in [-0.4, -0.2) is 32.1 Å². The van der Waals surface area contributed by atoms with E-state index < -0.39 is 16.0 Å². The number of carbonyl (C=O) groups is 1. The number of ether oxygens (including phenoxy) is 1. The lowest BCUT2D eigenvalue weighted by atomic mass is 10.0. The lowest BCUT2D eigenvalue weighted by Crippen LogP contribution is -2.27. The molecule has 0 radical (unpaired) electrons. The zero-order chi connectivity index (χ0) is 19.8. The van der Waals surface area contributed by atoms with Gasteiger partial charge < -0.3 is 9.84 Å². The van der Waals surface area contributed by atoms with E-state index in [1.165, 1.54) is 12.1 Å². The van der Waals surface area contributed by atoms with E-state index in [9.17, 15) is 18.3 Å². The van der Waals surface area contributed by atoms with Gasteiger partial charge in [-0.1, -0.05) is 12.1 Å². The highest BCUT2D eigenvalue weighted by Crippen LogP contribution is 2.42. The highest BCUT2D eigenvalue weighted by atomic mass is 32.2. The van der Waals surface area contributed by atoms with Crippen LogP contribution >= 0.6 is 0 Å². The average Bonchev–Trinajstić information content (AvgIpc) is 3.36. The van der Waals surface area contributed by atoms with Crippen LogP contribution in [0.5, 0.6) is 5.75 Å². The van der Waals surface area contributed by atoms with Crippen LogP contribution in [0, 0.1) is 13.8 Å². The van der Waals surface area contributed by atoms with Gasteiger partial charge in [0.1, 0.15) is 5.75 Å². The van der Waals surface area contributed by atoms with Gasteiger partial charge in [0.25, 0.3) is 0 Å². The first kappa shape index (κ1) is 19.4. The van der Waals surface area contributed by atoms with Crippen molar-refractivity contribution in [2.24, 2.45) is 0 Å². The van der Waals surface area contributed by atoms with Gasteiger partial charge in [-0.2, -0.15) is 0 Å². The SMILES string of the molecule is CCOc1ccc([C@@H]2C[C@H]2NS(=O)(=O)c2cc(C)c(C)c(C(=O)O)c2)cc1. The summed E-state index contributed by atoms with van der Waals surface area (Å²) in [4.78, 5) is 11.4. The van der Waals surface area contributed by atoms with Gasteiger partial charge in [0.15, 0.2) is 0 Å². The van der Waals surface area contributed by atoms with Crippen LogP contribution in [0.1, 0.15) is 46.3 Å². The Hall–Kier alpha value is -2.38. The van der Waals surface area contributed by atoms with E-state index >= 15 is 0 Å². The number of aromatic carboxylic acids is 1. The largest absolute Gasteiger partial charge is 0.494 e. The number of rotatable bonds is 7. The topological polar surface area (TPSA) is 92.7 Å². The molecule has 0 spiro atoms. The number of carboxylic acids is 1. The zero-order valence-electron chi connectivity index (χ0n) is 15.5. The monoisotopic (exact) mass is 389 g/mol. The maximum atomic E-state index is 12.7. The standard InChI is InChI=1S/C20H23NO5S/c1-4-26-15-7-5-14(6-8-15)18-11-19(18)21-27(24,25)16-9-12(2)13(3)17(10-16)20(22)23/h5-10,18-19,21H,4,11H2,1-3H3,(H,22,23)/t18-,19+/m0/s1. The van der Waals surface area contributed by atoms with Crippen LogP contribution in [-0.2, 0) is 10.0 Å². The van der Waals surface area contributed by atoms with Crippen LogP contribution in [0.15, 0.2) is 41.3 Å². The van der Waals surface area contributed by atoms with Gasteiger partial charge >= 0.3 is 5.97 Å². The van der Waals surface area contributed by atoms with Gasteiger partial charge in [0.05, 0.1) is 17.1 Å². The minimum atomic E-state index is -3.79. The maximum absolute atomic E-state index is 12.7. The minimum absolute atomic E-state index is 0.00855. The molecule has 0 saturated heterocycles. The third kappa shape index (κ3) is 4.14. The number of hydrogen-bond donors (Lipinski definition) is 2. The molecule has 0 heterocycles. The van der Waals surface area contributed by atoms with Crippen molar-refractivity contribution in [1.29, 1.82) is 0 Å². The van der Waals surface area contributed by atoms with E-state index in [2.05, 4.69) is 4.72 Å². The third-order valence-corrected chi connectivity index (χ3v) is 6.37. The molecule has 144 valence electrons. The summed E-state index contributed by atoms with van der Waals surface area (Å²) >= 11 is 0. The molecule has 0 bridgehead atoms. The molecule has 0 aromatic heterocycles. The summed E-state index contributed by atoms with van der Waals surface area (Å²) in [7, 11) is -3.79. The Balaban J connectivity index is 1.75. The molecule has 3 rings (SSSR count). The average molecular weight is 389 g/mol. The van der Waals surface area contributed by atoms with Crippen LogP contribution < -0.4 is 9.46 Å². The highest BCUT2D eigenvalue weighted by molar-refractivity contribution is 7.89. The summed E-state index contributed by atoms with van der Waals surface area (Å²) in [6.07, 6.45) is 0.712. The van der Waals surface area contributed by atoms with E-state index in [0.29, 0.717) is 24.2 Å². The second-order valence-corrected chi connectivity index (χ2v) is 8.50. The van der Waals surface area contributed by atoms with Crippen LogP contribution in [0.4, 0.5) is 0 Å². The summed E-state index contributed by atoms with van der Waals surface area (Å²) < 4.78 is 33.5. The number of benzene rings is 2. The van der Waals surface area contributed by atoms with Crippen molar-refractivity contribution in [3.8, 4) is 5.75 Å². The number of sulfonamides is 1. The molecular weight excluding hydrogens is 366 g/mol. The van der Waals surface area contributed by atoms with Crippen molar-refractivity contribution >= 4 is 16.0 Å². The summed E-state index contributed by atoms with van der Waals surface area (Å²) in [5, 5.41) is 9.30. The van der Waals surface area contributed by atoms with Crippen LogP contribution in [0.25, 0.3) is 0 Å². The molecule has 7 heteroatoms. The first-order chi connectivity index (χ1) is 12.7. The first-order valence-corrected chi connectivity index (χ1v) is 10.3. The van der Waals surface area contributed by atoms with Gasteiger partial charge in [-0.15, -0.1) is 0 Å². The molecular formula is C20H23NO5S. The predicted molar refractivity (Wildman–Crippen MR) is 102 cm³/mol. The summed E-state index contributed by atoms with van der Waals surface area (Å²) in [6.45, 7) is 5.90. The van der Waals surface area contributed by atoms with Crippen molar-refractivity contribution in [2.75, 3.05) is 6.61 Å². The fraction of sp³-hybridized carbons (Fsp3) is 0.350. The van der Waals surface area contributed by atoms with E-state index in [0.717, 1.165) is 11.3 Å². The number of carboxylic acid groups (broad SMARTS) is 1. The molecule has 27 heavy (non-hydrogen) atoms. The lowest BCUT2D eigenvalue weighted by molar-refractivity contribution is 0.0695. The Morgan fingerprint density at radius 2 is 1.89 bits per heavy atom. The fourth-order valence-corrected chi connectivity index (χ4v) is 4.54. The van der Waals surface area contributed by atoms with Gasteiger partial charge in [0.2, 0.25) is 10.0 Å². The quantitative estimate of drug-likeness (QED) is 0.758. The number of aryl methyl sites for hydroxylation is 1. The van der Waals surface area contributed by atoms with Gasteiger partial charge in [-0.05, 0) is 68.1 Å². The van der Waals surface area contributed by atoms with Crippen molar-refractivity contribution in [2.45, 2.75) is 44.0 Å². The highest BCUT2D eigenvalue weighted by Gasteiger charge is 2.41. The van der Waals surface area contributed by atoms with Gasteiger partial charge in [0, 0.05) is 12.0 Å². The summed E-state index contributed by atoms with van der Waals surface area (Å²) in [6, 6.07) is 10.2. The molecule has 6 nitrogen and oxygen atoms in total. The molecule has 0 unspecified atom stereocenters. The maximum Gasteiger partial charge on any atom is 0.336 e. The minimum Gasteiger partial charge on any atom is -0.494 e. The van der Waals surface area contributed by atoms with E-state index in [1.807, 2.05) is 31.2 Å². The number of hydrogen-bond acceptors (Lipinski definition) is 4. The second-order valence-electron chi connectivity index (χ2n) is 6.79. The van der Waals surface area contributed by atoms with Gasteiger partial charge in [-0.3, -0.25) is 0 Å². The second kappa shape index (κ2) is 7.32. The Kier molecular flexibility index (Phi) is 5.26. The van der Waals surface area contributed by atoms with E-state index in [-0.39, 0.29) is 22.4 Å². The van der Waals surface area contributed by atoms with Crippen molar-refractivity contribution in [3.63, 3.8) is 0 Å². The zero-order valence-corrected chi connectivity index (χ0v) is 16.3. The Labute approximate surface area is 159 Å². The molecule has 0 aliphatic heterocycles. The Bertz CT molecular complexity index is 967. The summed E-state index contributed by atoms with van der Waals surface area (Å²) in [5.41, 5.74) is 2.26. The first-order valence-electron chi connectivity index (χ1n) is 8.82. The van der Waals surface area contributed by atoms with E-state index in [1.54, 1.807) is 13.8 Å². The normalized spacial score (nSPS) is 18.9. The third-order valence-electron chi connectivity index (χ3n) is 4.90. The fourth-order valence-electron chi connectivity index (χ4n) is 3.14. The Morgan fingerprint density at radius 1 is 1.22 bits per heavy atom. The molecule has 2 aromatic carbocycles. The van der Waals surface area contributed by atoms with Gasteiger partial charge in [-0.25, -0.2) is 17.9 Å². The predicted octanol–water partition coefficient (Wildman–Crippen LogP) is 3.23. The lowest BCUT2D eigenvalue weighted by Gasteiger charge is -2.11. The molecule has 0 amide bonds. The van der Waals surface area contributed by atoms with Crippen LogP contribution in [0.3, 0.4) is 0 Å². The van der Waals surface area contributed by atoms with Crippen molar-refractivity contribution < 1.29 is 23.1 Å². The molecule has 1 aliphatic carbocycles. The van der Waals surface area contributed by atoms with Crippen molar-refractivity contribution in [3.05, 3.63) is 58.7 Å². The summed E-state index contributed by atoms with van der Waals surface area (Å²) in [5.74, 6) is -0.234.